The molecule has 9 nitrogen and oxygen atoms in total. The Labute approximate surface area is 224 Å². The number of amides is 3. The summed E-state index contributed by atoms with van der Waals surface area (Å²) in [5.74, 6) is -3.13. The molecule has 3 aromatic carbocycles. The Hall–Kier alpha value is -5.00. The van der Waals surface area contributed by atoms with Crippen molar-refractivity contribution in [1.82, 2.24) is 4.90 Å². The third kappa shape index (κ3) is 4.68. The van der Waals surface area contributed by atoms with Gasteiger partial charge in [0.15, 0.2) is 18.3 Å². The number of alkyl halides is 3. The minimum atomic E-state index is -4.73. The van der Waals surface area contributed by atoms with Gasteiger partial charge in [0.2, 0.25) is 0 Å². The van der Waals surface area contributed by atoms with Crippen molar-refractivity contribution in [3.63, 3.8) is 0 Å². The molecule has 3 amide bonds. The number of carbonyl (C=O) groups excluding carboxylic acids is 5. The molecule has 0 spiro atoms. The highest BCUT2D eigenvalue weighted by Gasteiger charge is 2.36. The molecule has 0 aromatic heterocycles. The van der Waals surface area contributed by atoms with Crippen LogP contribution < -0.4 is 15.4 Å². The first-order valence-corrected chi connectivity index (χ1v) is 11.9. The van der Waals surface area contributed by atoms with Crippen molar-refractivity contribution in [2.45, 2.75) is 13.1 Å². The molecule has 5 rings (SSSR count). The van der Waals surface area contributed by atoms with Gasteiger partial charge in [-0.3, -0.25) is 28.9 Å². The summed E-state index contributed by atoms with van der Waals surface area (Å²) in [5, 5.41) is 5.09. The zero-order valence-corrected chi connectivity index (χ0v) is 21.0. The average molecular weight is 551 g/mol. The van der Waals surface area contributed by atoms with E-state index in [-0.39, 0.29) is 57.5 Å². The van der Waals surface area contributed by atoms with Gasteiger partial charge in [-0.1, -0.05) is 0 Å². The largest absolute Gasteiger partial charge is 0.473 e. The summed E-state index contributed by atoms with van der Waals surface area (Å²) in [4.78, 5) is 62.4. The number of imide groups is 1. The lowest BCUT2D eigenvalue weighted by Gasteiger charge is -2.15. The lowest BCUT2D eigenvalue weighted by atomic mass is 10.0. The third-order valence-corrected chi connectivity index (χ3v) is 6.69. The molecule has 40 heavy (non-hydrogen) atoms. The van der Waals surface area contributed by atoms with E-state index in [0.717, 1.165) is 17.0 Å². The molecule has 3 aromatic rings. The van der Waals surface area contributed by atoms with Gasteiger partial charge in [-0.05, 0) is 61.5 Å². The lowest BCUT2D eigenvalue weighted by Crippen LogP contribution is -2.24. The second kappa shape index (κ2) is 9.63. The quantitative estimate of drug-likeness (QED) is 0.260. The predicted molar refractivity (Wildman–Crippen MR) is 136 cm³/mol. The van der Waals surface area contributed by atoms with Gasteiger partial charge in [-0.2, -0.15) is 13.2 Å². The molecular formula is C28H20F3N3O6. The van der Waals surface area contributed by atoms with Crippen molar-refractivity contribution < 1.29 is 41.9 Å². The summed E-state index contributed by atoms with van der Waals surface area (Å²) < 4.78 is 46.3. The minimum Gasteiger partial charge on any atom is -0.473 e. The molecule has 12 heteroatoms. The van der Waals surface area contributed by atoms with Crippen molar-refractivity contribution in [2.24, 2.45) is 5.92 Å². The Kier molecular flexibility index (Phi) is 6.41. The predicted octanol–water partition coefficient (Wildman–Crippen LogP) is 4.65. The highest BCUT2D eigenvalue weighted by Crippen LogP contribution is 2.34. The fourth-order valence-electron chi connectivity index (χ4n) is 4.49. The summed E-state index contributed by atoms with van der Waals surface area (Å²) in [6.07, 6.45) is -4.73. The van der Waals surface area contributed by atoms with Gasteiger partial charge in [-0.15, -0.1) is 0 Å². The summed E-state index contributed by atoms with van der Waals surface area (Å²) in [7, 11) is 1.35. The smallest absolute Gasteiger partial charge is 0.416 e. The number of anilines is 2. The summed E-state index contributed by atoms with van der Waals surface area (Å²) in [5.41, 5.74) is -0.574. The van der Waals surface area contributed by atoms with Crippen LogP contribution in [0.4, 0.5) is 24.5 Å². The fraction of sp³-hybridized carbons (Fsp3) is 0.179. The van der Waals surface area contributed by atoms with Crippen LogP contribution in [0.1, 0.15) is 64.3 Å². The first kappa shape index (κ1) is 26.6. The zero-order valence-electron chi connectivity index (χ0n) is 21.0. The number of carbonyl (C=O) groups is 5. The van der Waals surface area contributed by atoms with Gasteiger partial charge in [0.1, 0.15) is 5.75 Å². The number of hydrogen-bond acceptors (Lipinski definition) is 7. The molecule has 0 fully saturated rings. The minimum absolute atomic E-state index is 0.000428. The Balaban J connectivity index is 1.32. The standard InChI is InChI=1S/C28H20F3N3O6/c1-13-23(35)19-5-3-14(7-21(19)24(13)36)25(37)33-17-9-15(28(29,30)31)8-16(10-17)32-12-40-18-4-6-20-22(11-18)27(39)34(2)26(20)38/h3-11,13,32H,12H2,1-2H3,(H,33,37). The Morgan fingerprint density at radius 1 is 0.850 bits per heavy atom. The number of hydrogen-bond donors (Lipinski definition) is 2. The molecule has 1 atom stereocenters. The number of fused-ring (bicyclic) bond motifs is 2. The van der Waals surface area contributed by atoms with Gasteiger partial charge in [0.25, 0.3) is 17.7 Å². The van der Waals surface area contributed by atoms with Crippen LogP contribution in [0.5, 0.6) is 5.75 Å². The Morgan fingerprint density at radius 2 is 1.50 bits per heavy atom. The summed E-state index contributed by atoms with van der Waals surface area (Å²) in [6.45, 7) is 1.17. The van der Waals surface area contributed by atoms with Crippen LogP contribution in [0, 0.1) is 5.92 Å². The first-order valence-electron chi connectivity index (χ1n) is 11.9. The maximum absolute atomic E-state index is 13.6. The number of halogens is 3. The van der Waals surface area contributed by atoms with Gasteiger partial charge in [-0.25, -0.2) is 0 Å². The van der Waals surface area contributed by atoms with Crippen LogP contribution in [0.15, 0.2) is 54.6 Å². The summed E-state index contributed by atoms with van der Waals surface area (Å²) >= 11 is 0. The van der Waals surface area contributed by atoms with E-state index in [0.29, 0.717) is 0 Å². The third-order valence-electron chi connectivity index (χ3n) is 6.69. The first-order chi connectivity index (χ1) is 18.8. The molecule has 1 aliphatic heterocycles. The van der Waals surface area contributed by atoms with Crippen molar-refractivity contribution in [1.29, 1.82) is 0 Å². The number of nitrogens with zero attached hydrogens (tertiary/aromatic N) is 1. The molecule has 2 aliphatic rings. The molecule has 0 saturated carbocycles. The van der Waals surface area contributed by atoms with Crippen LogP contribution in [0.25, 0.3) is 0 Å². The van der Waals surface area contributed by atoms with Crippen molar-refractivity contribution >= 4 is 40.7 Å². The molecule has 0 saturated heterocycles. The lowest BCUT2D eigenvalue weighted by molar-refractivity contribution is -0.137. The Morgan fingerprint density at radius 3 is 2.23 bits per heavy atom. The zero-order chi connectivity index (χ0) is 28.9. The van der Waals surface area contributed by atoms with E-state index in [1.807, 2.05) is 0 Å². The molecule has 1 heterocycles. The van der Waals surface area contributed by atoms with E-state index < -0.39 is 41.2 Å². The van der Waals surface area contributed by atoms with Gasteiger partial charge >= 0.3 is 6.18 Å². The molecule has 1 aliphatic carbocycles. The number of rotatable bonds is 6. The van der Waals surface area contributed by atoms with E-state index in [1.165, 1.54) is 56.4 Å². The molecule has 1 unspecified atom stereocenters. The number of Topliss-reactive ketones (excluding diaryl/α,β-unsaturated/α-hetero) is 2. The number of benzene rings is 3. The Bertz CT molecular complexity index is 1630. The van der Waals surface area contributed by atoms with Gasteiger partial charge < -0.3 is 15.4 Å². The van der Waals surface area contributed by atoms with Crippen LogP contribution in [0.3, 0.4) is 0 Å². The van der Waals surface area contributed by atoms with E-state index >= 15 is 0 Å². The maximum atomic E-state index is 13.6. The number of ketones is 2. The molecule has 0 radical (unpaired) electrons. The number of nitrogens with one attached hydrogen (secondary N) is 2. The molecule has 0 bridgehead atoms. The topological polar surface area (TPSA) is 122 Å². The molecule has 2 N–H and O–H groups in total. The molecular weight excluding hydrogens is 531 g/mol. The van der Waals surface area contributed by atoms with Crippen LogP contribution in [-0.2, 0) is 6.18 Å². The van der Waals surface area contributed by atoms with Crippen molar-refractivity contribution in [2.75, 3.05) is 24.4 Å². The second-order valence-corrected chi connectivity index (χ2v) is 9.30. The van der Waals surface area contributed by atoms with Crippen molar-refractivity contribution in [3.05, 3.63) is 88.0 Å². The number of ether oxygens (including phenoxy) is 1. The second-order valence-electron chi connectivity index (χ2n) is 9.30. The summed E-state index contributed by atoms with van der Waals surface area (Å²) in [6, 6.07) is 11.0. The van der Waals surface area contributed by atoms with E-state index in [1.54, 1.807) is 0 Å². The van der Waals surface area contributed by atoms with E-state index in [9.17, 15) is 37.1 Å². The normalized spacial score (nSPS) is 16.2. The molecule has 204 valence electrons. The van der Waals surface area contributed by atoms with Crippen LogP contribution in [0.2, 0.25) is 0 Å². The highest BCUT2D eigenvalue weighted by molar-refractivity contribution is 6.27. The van der Waals surface area contributed by atoms with Gasteiger partial charge in [0.05, 0.1) is 22.6 Å². The van der Waals surface area contributed by atoms with Crippen LogP contribution in [-0.4, -0.2) is 48.0 Å². The SMILES string of the molecule is CC1C(=O)c2ccc(C(=O)Nc3cc(NCOc4ccc5c(c4)C(=O)N(C)C5=O)cc(C(F)(F)F)c3)cc2C1=O. The van der Waals surface area contributed by atoms with Crippen molar-refractivity contribution in [3.8, 4) is 5.75 Å². The van der Waals surface area contributed by atoms with E-state index in [4.69, 9.17) is 4.74 Å². The monoisotopic (exact) mass is 551 g/mol. The maximum Gasteiger partial charge on any atom is 0.416 e. The van der Waals surface area contributed by atoms with Crippen LogP contribution >= 0.6 is 0 Å². The average Bonchev–Trinajstić information content (AvgIpc) is 3.27. The van der Waals surface area contributed by atoms with Gasteiger partial charge in [0, 0.05) is 35.1 Å². The fourth-order valence-corrected chi connectivity index (χ4v) is 4.49. The van der Waals surface area contributed by atoms with E-state index in [2.05, 4.69) is 10.6 Å². The highest BCUT2D eigenvalue weighted by atomic mass is 19.4.